The number of methoxy groups -OCH3 is 1. The van der Waals surface area contributed by atoms with Crippen molar-refractivity contribution >= 4 is 6.09 Å². The van der Waals surface area contributed by atoms with Crippen LogP contribution in [0.4, 0.5) is 4.79 Å². The first-order valence-electron chi connectivity index (χ1n) is 2.80. The maximum absolute atomic E-state index is 10.3. The Morgan fingerprint density at radius 1 is 1.78 bits per heavy atom. The van der Waals surface area contributed by atoms with Crippen molar-refractivity contribution in [3.05, 3.63) is 12.3 Å². The molecular weight excluding hydrogens is 118 g/mol. The fraction of sp³-hybridized carbons (Fsp3) is 0.500. The quantitative estimate of drug-likeness (QED) is 0.609. The Labute approximate surface area is 54.7 Å². The summed E-state index contributed by atoms with van der Waals surface area (Å²) in [6, 6.07) is 0. The van der Waals surface area contributed by atoms with Crippen molar-refractivity contribution < 1.29 is 9.53 Å². The second-order valence-corrected chi connectivity index (χ2v) is 1.45. The molecule has 0 aliphatic rings. The summed E-state index contributed by atoms with van der Waals surface area (Å²) in [6.07, 6.45) is 3.87. The number of carbonyl (C=O) groups is 1. The van der Waals surface area contributed by atoms with E-state index in [1.165, 1.54) is 7.11 Å². The van der Waals surface area contributed by atoms with E-state index >= 15 is 0 Å². The molecule has 0 unspecified atom stereocenters. The number of amides is 1. The second-order valence-electron chi connectivity index (χ2n) is 1.45. The highest BCUT2D eigenvalue weighted by molar-refractivity contribution is 5.67. The summed E-state index contributed by atoms with van der Waals surface area (Å²) in [6.45, 7) is 1.98. The lowest BCUT2D eigenvalue weighted by molar-refractivity contribution is 0.175. The third kappa shape index (κ3) is 4.87. The number of hydrogen-bond donors (Lipinski definition) is 1. The number of allylic oxidation sites excluding steroid dienone is 1. The topological polar surface area (TPSA) is 38.3 Å². The van der Waals surface area contributed by atoms with Gasteiger partial charge in [-0.1, -0.05) is 13.0 Å². The van der Waals surface area contributed by atoms with Crippen LogP contribution >= 0.6 is 0 Å². The fourth-order valence-corrected chi connectivity index (χ4v) is 0.304. The van der Waals surface area contributed by atoms with Crippen LogP contribution < -0.4 is 5.32 Å². The van der Waals surface area contributed by atoms with Crippen molar-refractivity contribution in [2.75, 3.05) is 7.11 Å². The van der Waals surface area contributed by atoms with Crippen molar-refractivity contribution in [3.63, 3.8) is 0 Å². The van der Waals surface area contributed by atoms with Gasteiger partial charge in [0, 0.05) is 6.20 Å². The van der Waals surface area contributed by atoms with Gasteiger partial charge in [0.2, 0.25) is 0 Å². The molecule has 0 radical (unpaired) electrons. The minimum atomic E-state index is -0.431. The van der Waals surface area contributed by atoms with E-state index in [1.54, 1.807) is 6.20 Å². The molecule has 0 atom stereocenters. The van der Waals surface area contributed by atoms with E-state index in [-0.39, 0.29) is 0 Å². The molecule has 3 heteroatoms. The summed E-state index contributed by atoms with van der Waals surface area (Å²) >= 11 is 0. The van der Waals surface area contributed by atoms with Gasteiger partial charge >= 0.3 is 6.09 Å². The fourth-order valence-electron chi connectivity index (χ4n) is 0.304. The number of alkyl carbamates (subject to hydrolysis) is 1. The summed E-state index contributed by atoms with van der Waals surface area (Å²) in [5.74, 6) is 0. The first kappa shape index (κ1) is 8.01. The Morgan fingerprint density at radius 2 is 2.44 bits per heavy atom. The molecule has 0 fully saturated rings. The Bertz CT molecular complexity index is 110. The Balaban J connectivity index is 3.26. The van der Waals surface area contributed by atoms with Gasteiger partial charge in [0.15, 0.2) is 0 Å². The lowest BCUT2D eigenvalue weighted by atomic mass is 10.5. The standard InChI is InChI=1S/C6H11NO2/c1-3-4-5-7-6(8)9-2/h4-5H,3H2,1-2H3,(H,7,8)/b5-4+. The smallest absolute Gasteiger partial charge is 0.410 e. The zero-order chi connectivity index (χ0) is 7.11. The third-order valence-corrected chi connectivity index (χ3v) is 0.740. The zero-order valence-corrected chi connectivity index (χ0v) is 5.68. The maximum Gasteiger partial charge on any atom is 0.410 e. The summed E-state index contributed by atoms with van der Waals surface area (Å²) in [4.78, 5) is 10.3. The molecule has 0 bridgehead atoms. The minimum absolute atomic E-state index is 0.431. The van der Waals surface area contributed by atoms with Crippen molar-refractivity contribution in [3.8, 4) is 0 Å². The molecule has 0 aromatic carbocycles. The molecule has 0 spiro atoms. The average molecular weight is 129 g/mol. The molecule has 3 nitrogen and oxygen atoms in total. The Morgan fingerprint density at radius 3 is 2.89 bits per heavy atom. The SMILES string of the molecule is CC/C=C/NC(=O)OC. The van der Waals surface area contributed by atoms with Gasteiger partial charge in [0.25, 0.3) is 0 Å². The highest BCUT2D eigenvalue weighted by Crippen LogP contribution is 1.76. The van der Waals surface area contributed by atoms with Crippen molar-refractivity contribution in [2.45, 2.75) is 13.3 Å². The number of ether oxygens (including phenoxy) is 1. The molecule has 1 amide bonds. The van der Waals surface area contributed by atoms with Gasteiger partial charge < -0.3 is 4.74 Å². The molecule has 0 aromatic rings. The van der Waals surface area contributed by atoms with E-state index in [0.29, 0.717) is 0 Å². The van der Waals surface area contributed by atoms with Crippen LogP contribution in [0.3, 0.4) is 0 Å². The lowest BCUT2D eigenvalue weighted by Crippen LogP contribution is -2.15. The van der Waals surface area contributed by atoms with Crippen LogP contribution in [0.15, 0.2) is 12.3 Å². The largest absolute Gasteiger partial charge is 0.453 e. The molecule has 0 rings (SSSR count). The van der Waals surface area contributed by atoms with Crippen molar-refractivity contribution in [2.24, 2.45) is 0 Å². The van der Waals surface area contributed by atoms with E-state index in [9.17, 15) is 4.79 Å². The molecule has 52 valence electrons. The van der Waals surface area contributed by atoms with Gasteiger partial charge in [-0.2, -0.15) is 0 Å². The molecule has 0 aliphatic heterocycles. The van der Waals surface area contributed by atoms with Gasteiger partial charge in [0.05, 0.1) is 7.11 Å². The van der Waals surface area contributed by atoms with E-state index in [4.69, 9.17) is 0 Å². The van der Waals surface area contributed by atoms with Gasteiger partial charge in [-0.3, -0.25) is 5.32 Å². The lowest BCUT2D eigenvalue weighted by Gasteiger charge is -1.93. The summed E-state index contributed by atoms with van der Waals surface area (Å²) < 4.78 is 4.30. The van der Waals surface area contributed by atoms with Crippen molar-refractivity contribution in [1.29, 1.82) is 0 Å². The van der Waals surface area contributed by atoms with Crippen LogP contribution in [0, 0.1) is 0 Å². The first-order chi connectivity index (χ1) is 4.31. The Kier molecular flexibility index (Phi) is 4.59. The number of nitrogens with one attached hydrogen (secondary N) is 1. The van der Waals surface area contributed by atoms with Gasteiger partial charge in [0.1, 0.15) is 0 Å². The first-order valence-corrected chi connectivity index (χ1v) is 2.80. The van der Waals surface area contributed by atoms with Gasteiger partial charge in [-0.25, -0.2) is 4.79 Å². The molecule has 0 heterocycles. The van der Waals surface area contributed by atoms with Crippen LogP contribution in [0.1, 0.15) is 13.3 Å². The molecular formula is C6H11NO2. The van der Waals surface area contributed by atoms with E-state index in [2.05, 4.69) is 10.1 Å². The minimum Gasteiger partial charge on any atom is -0.453 e. The van der Waals surface area contributed by atoms with Crippen LogP contribution in [-0.4, -0.2) is 13.2 Å². The summed E-state index contributed by atoms with van der Waals surface area (Å²) in [7, 11) is 1.33. The van der Waals surface area contributed by atoms with Crippen LogP contribution in [0.5, 0.6) is 0 Å². The molecule has 0 saturated heterocycles. The molecule has 0 aromatic heterocycles. The number of hydrogen-bond acceptors (Lipinski definition) is 2. The van der Waals surface area contributed by atoms with E-state index in [0.717, 1.165) is 6.42 Å². The monoisotopic (exact) mass is 129 g/mol. The van der Waals surface area contributed by atoms with Gasteiger partial charge in [-0.05, 0) is 6.42 Å². The third-order valence-electron chi connectivity index (χ3n) is 0.740. The molecule has 0 saturated carbocycles. The number of carbonyl (C=O) groups excluding carboxylic acids is 1. The summed E-state index contributed by atoms with van der Waals surface area (Å²) in [5.41, 5.74) is 0. The maximum atomic E-state index is 10.3. The predicted octanol–water partition coefficient (Wildman–Crippen LogP) is 1.27. The average Bonchev–Trinajstić information content (AvgIpc) is 1.89. The normalized spacial score (nSPS) is 9.56. The van der Waals surface area contributed by atoms with Gasteiger partial charge in [-0.15, -0.1) is 0 Å². The highest BCUT2D eigenvalue weighted by Gasteiger charge is 1.88. The van der Waals surface area contributed by atoms with E-state index in [1.807, 2.05) is 13.0 Å². The summed E-state index contributed by atoms with van der Waals surface area (Å²) in [5, 5.41) is 2.39. The molecule has 0 aliphatic carbocycles. The zero-order valence-electron chi connectivity index (χ0n) is 5.68. The Hall–Kier alpha value is -0.990. The highest BCUT2D eigenvalue weighted by atomic mass is 16.5. The van der Waals surface area contributed by atoms with E-state index < -0.39 is 6.09 Å². The molecule has 1 N–H and O–H groups in total. The number of rotatable bonds is 2. The van der Waals surface area contributed by atoms with Crippen LogP contribution in [0.25, 0.3) is 0 Å². The van der Waals surface area contributed by atoms with Crippen molar-refractivity contribution in [1.82, 2.24) is 5.32 Å². The second kappa shape index (κ2) is 5.15. The van der Waals surface area contributed by atoms with Crippen LogP contribution in [-0.2, 0) is 4.74 Å². The predicted molar refractivity (Wildman–Crippen MR) is 35.0 cm³/mol. The molecule has 9 heavy (non-hydrogen) atoms. The van der Waals surface area contributed by atoms with Crippen LogP contribution in [0.2, 0.25) is 0 Å².